The average molecular weight is 257 g/mol. The van der Waals surface area contributed by atoms with Gasteiger partial charge in [-0.2, -0.15) is 0 Å². The van der Waals surface area contributed by atoms with Crippen molar-refractivity contribution in [2.24, 2.45) is 0 Å². The molecule has 0 aliphatic rings. The second kappa shape index (κ2) is 5.48. The predicted octanol–water partition coefficient (Wildman–Crippen LogP) is 2.62. The van der Waals surface area contributed by atoms with Gasteiger partial charge in [-0.3, -0.25) is 4.98 Å². The van der Waals surface area contributed by atoms with Gasteiger partial charge in [-0.15, -0.1) is 0 Å². The Morgan fingerprint density at radius 2 is 2.05 bits per heavy atom. The Morgan fingerprint density at radius 3 is 2.79 bits per heavy atom. The Labute approximate surface area is 111 Å². The van der Waals surface area contributed by atoms with Crippen LogP contribution in [0.2, 0.25) is 0 Å². The fourth-order valence-electron chi connectivity index (χ4n) is 1.64. The molecule has 98 valence electrons. The van der Waals surface area contributed by atoms with E-state index in [0.29, 0.717) is 5.82 Å². The molecule has 0 spiro atoms. The van der Waals surface area contributed by atoms with Crippen LogP contribution in [0.5, 0.6) is 0 Å². The number of hydrogen-bond acceptors (Lipinski definition) is 5. The van der Waals surface area contributed by atoms with Crippen molar-refractivity contribution in [3.63, 3.8) is 0 Å². The number of benzene rings is 1. The van der Waals surface area contributed by atoms with Crippen molar-refractivity contribution >= 4 is 17.5 Å². The number of hydrogen-bond donors (Lipinski definition) is 1. The second-order valence-corrected chi connectivity index (χ2v) is 4.22. The molecular formula is C14H15N3O2. The molecule has 0 fully saturated rings. The van der Waals surface area contributed by atoms with Crippen molar-refractivity contribution < 1.29 is 9.53 Å². The van der Waals surface area contributed by atoms with Crippen molar-refractivity contribution in [1.29, 1.82) is 0 Å². The van der Waals surface area contributed by atoms with Crippen LogP contribution in [0.4, 0.5) is 11.5 Å². The summed E-state index contributed by atoms with van der Waals surface area (Å²) in [5.74, 6) is 0.00807. The average Bonchev–Trinajstić information content (AvgIpc) is 2.42. The number of methoxy groups -OCH3 is 1. The van der Waals surface area contributed by atoms with Crippen molar-refractivity contribution in [2.45, 2.75) is 13.8 Å². The molecule has 1 heterocycles. The molecule has 1 N–H and O–H groups in total. The van der Waals surface area contributed by atoms with Crippen LogP contribution in [0.1, 0.15) is 21.6 Å². The van der Waals surface area contributed by atoms with Crippen molar-refractivity contribution in [1.82, 2.24) is 9.97 Å². The predicted molar refractivity (Wildman–Crippen MR) is 72.6 cm³/mol. The van der Waals surface area contributed by atoms with E-state index in [0.717, 1.165) is 16.8 Å². The van der Waals surface area contributed by atoms with E-state index in [1.165, 1.54) is 13.3 Å². The molecule has 19 heavy (non-hydrogen) atoms. The topological polar surface area (TPSA) is 64.1 Å². The minimum atomic E-state index is -0.503. The van der Waals surface area contributed by atoms with E-state index in [1.807, 2.05) is 32.0 Å². The number of nitrogens with zero attached hydrogens (tertiary/aromatic N) is 2. The van der Waals surface area contributed by atoms with E-state index in [4.69, 9.17) is 0 Å². The van der Waals surface area contributed by atoms with Crippen LogP contribution in [0.25, 0.3) is 0 Å². The van der Waals surface area contributed by atoms with Gasteiger partial charge in [0, 0.05) is 5.69 Å². The van der Waals surface area contributed by atoms with Gasteiger partial charge in [0.15, 0.2) is 5.69 Å². The summed E-state index contributed by atoms with van der Waals surface area (Å²) in [5, 5.41) is 3.15. The van der Waals surface area contributed by atoms with Crippen LogP contribution in [0.3, 0.4) is 0 Å². The molecule has 0 atom stereocenters. The van der Waals surface area contributed by atoms with Gasteiger partial charge in [-0.25, -0.2) is 9.78 Å². The Kier molecular flexibility index (Phi) is 3.75. The lowest BCUT2D eigenvalue weighted by atomic mass is 10.1. The highest BCUT2D eigenvalue weighted by molar-refractivity contribution is 5.87. The number of carbonyl (C=O) groups excluding carboxylic acids is 1. The maximum absolute atomic E-state index is 11.4. The summed E-state index contributed by atoms with van der Waals surface area (Å²) in [6, 6.07) is 6.08. The molecule has 0 amide bonds. The Hall–Kier alpha value is -2.43. The number of anilines is 2. The standard InChI is InChI=1S/C14H15N3O2/c1-9-4-5-10(2)11(6-9)16-13-8-15-7-12(17-13)14(18)19-3/h4-8H,1-3H3,(H,16,17). The fraction of sp³-hybridized carbons (Fsp3) is 0.214. The van der Waals surface area contributed by atoms with Crippen LogP contribution in [-0.2, 0) is 4.74 Å². The summed E-state index contributed by atoms with van der Waals surface area (Å²) in [4.78, 5) is 19.5. The Bertz CT molecular complexity index is 611. The highest BCUT2D eigenvalue weighted by Crippen LogP contribution is 2.20. The number of carbonyl (C=O) groups is 1. The highest BCUT2D eigenvalue weighted by atomic mass is 16.5. The third kappa shape index (κ3) is 3.07. The van der Waals surface area contributed by atoms with Crippen molar-refractivity contribution in [2.75, 3.05) is 12.4 Å². The highest BCUT2D eigenvalue weighted by Gasteiger charge is 2.09. The van der Waals surface area contributed by atoms with Gasteiger partial charge in [0.25, 0.3) is 0 Å². The maximum atomic E-state index is 11.4. The fourth-order valence-corrected chi connectivity index (χ4v) is 1.64. The van der Waals surface area contributed by atoms with Gasteiger partial charge >= 0.3 is 5.97 Å². The first kappa shape index (κ1) is 13.0. The normalized spacial score (nSPS) is 10.1. The van der Waals surface area contributed by atoms with Crippen LogP contribution in [-0.4, -0.2) is 23.0 Å². The molecule has 2 aromatic rings. The lowest BCUT2D eigenvalue weighted by molar-refractivity contribution is 0.0593. The van der Waals surface area contributed by atoms with Crippen molar-refractivity contribution in [3.8, 4) is 0 Å². The molecule has 0 aliphatic carbocycles. The first-order chi connectivity index (χ1) is 9.10. The Balaban J connectivity index is 2.28. The zero-order valence-corrected chi connectivity index (χ0v) is 11.1. The van der Waals surface area contributed by atoms with E-state index in [9.17, 15) is 4.79 Å². The molecule has 0 radical (unpaired) electrons. The number of rotatable bonds is 3. The number of ether oxygens (including phenoxy) is 1. The summed E-state index contributed by atoms with van der Waals surface area (Å²) in [6.07, 6.45) is 2.94. The molecule has 0 bridgehead atoms. The minimum absolute atomic E-state index is 0.179. The van der Waals surface area contributed by atoms with Gasteiger partial charge in [0.2, 0.25) is 0 Å². The van der Waals surface area contributed by atoms with E-state index in [-0.39, 0.29) is 5.69 Å². The lowest BCUT2D eigenvalue weighted by Gasteiger charge is -2.10. The van der Waals surface area contributed by atoms with Gasteiger partial charge in [-0.1, -0.05) is 12.1 Å². The molecule has 0 unspecified atom stereocenters. The summed E-state index contributed by atoms with van der Waals surface area (Å²) in [7, 11) is 1.31. The van der Waals surface area contributed by atoms with Crippen LogP contribution < -0.4 is 5.32 Å². The van der Waals surface area contributed by atoms with Crippen LogP contribution in [0.15, 0.2) is 30.6 Å². The quantitative estimate of drug-likeness (QED) is 0.856. The number of aryl methyl sites for hydroxylation is 2. The minimum Gasteiger partial charge on any atom is -0.464 e. The molecule has 0 saturated carbocycles. The summed E-state index contributed by atoms with van der Waals surface area (Å²) in [5.41, 5.74) is 3.36. The molecule has 0 saturated heterocycles. The largest absolute Gasteiger partial charge is 0.464 e. The molecule has 2 rings (SSSR count). The van der Waals surface area contributed by atoms with Crippen molar-refractivity contribution in [3.05, 3.63) is 47.4 Å². The third-order valence-electron chi connectivity index (χ3n) is 2.68. The summed E-state index contributed by atoms with van der Waals surface area (Å²) < 4.78 is 4.62. The molecule has 1 aromatic heterocycles. The van der Waals surface area contributed by atoms with Gasteiger partial charge in [0.1, 0.15) is 5.82 Å². The first-order valence-electron chi connectivity index (χ1n) is 5.85. The molecule has 5 heteroatoms. The lowest BCUT2D eigenvalue weighted by Crippen LogP contribution is -2.07. The van der Waals surface area contributed by atoms with E-state index in [1.54, 1.807) is 6.20 Å². The molecule has 1 aromatic carbocycles. The summed E-state index contributed by atoms with van der Waals surface area (Å²) >= 11 is 0. The van der Waals surface area contributed by atoms with E-state index < -0.39 is 5.97 Å². The number of nitrogens with one attached hydrogen (secondary N) is 1. The number of esters is 1. The van der Waals surface area contributed by atoms with Crippen LogP contribution in [0, 0.1) is 13.8 Å². The van der Waals surface area contributed by atoms with E-state index in [2.05, 4.69) is 20.0 Å². The molecule has 5 nitrogen and oxygen atoms in total. The zero-order valence-electron chi connectivity index (χ0n) is 11.1. The monoisotopic (exact) mass is 257 g/mol. The smallest absolute Gasteiger partial charge is 0.358 e. The second-order valence-electron chi connectivity index (χ2n) is 4.22. The van der Waals surface area contributed by atoms with Gasteiger partial charge < -0.3 is 10.1 Å². The van der Waals surface area contributed by atoms with Crippen LogP contribution >= 0.6 is 0 Å². The summed E-state index contributed by atoms with van der Waals surface area (Å²) in [6.45, 7) is 4.01. The SMILES string of the molecule is COC(=O)c1cncc(Nc2cc(C)ccc2C)n1. The van der Waals surface area contributed by atoms with E-state index >= 15 is 0 Å². The third-order valence-corrected chi connectivity index (χ3v) is 2.68. The Morgan fingerprint density at radius 1 is 1.26 bits per heavy atom. The first-order valence-corrected chi connectivity index (χ1v) is 5.85. The number of aromatic nitrogens is 2. The molecule has 0 aliphatic heterocycles. The maximum Gasteiger partial charge on any atom is 0.358 e. The zero-order chi connectivity index (χ0) is 13.8. The molecular weight excluding hydrogens is 242 g/mol. The van der Waals surface area contributed by atoms with Gasteiger partial charge in [-0.05, 0) is 31.0 Å². The van der Waals surface area contributed by atoms with Gasteiger partial charge in [0.05, 0.1) is 19.5 Å².